The Balaban J connectivity index is 2.95. The van der Waals surface area contributed by atoms with Gasteiger partial charge < -0.3 is 5.73 Å². The van der Waals surface area contributed by atoms with E-state index in [2.05, 4.69) is 28.6 Å². The van der Waals surface area contributed by atoms with Crippen LogP contribution in [-0.4, -0.2) is 11.1 Å². The highest BCUT2D eigenvalue weighted by atomic mass is 79.9. The predicted octanol–water partition coefficient (Wildman–Crippen LogP) is 2.53. The molecule has 0 heterocycles. The van der Waals surface area contributed by atoms with Crippen LogP contribution >= 0.6 is 28.6 Å². The van der Waals surface area contributed by atoms with Crippen molar-refractivity contribution < 1.29 is 4.79 Å². The van der Waals surface area contributed by atoms with Crippen molar-refractivity contribution in [2.75, 3.05) is 11.1 Å². The van der Waals surface area contributed by atoms with Gasteiger partial charge in [0.05, 0.1) is 0 Å². The van der Waals surface area contributed by atoms with E-state index in [1.54, 1.807) is 18.2 Å². The van der Waals surface area contributed by atoms with E-state index in [0.29, 0.717) is 23.0 Å². The lowest BCUT2D eigenvalue weighted by atomic mass is 10.1. The molecule has 0 spiro atoms. The summed E-state index contributed by atoms with van der Waals surface area (Å²) >= 11 is 7.33. The molecular formula is C9H10BrNOS. The Morgan fingerprint density at radius 2 is 2.23 bits per heavy atom. The van der Waals surface area contributed by atoms with E-state index in [-0.39, 0.29) is 5.78 Å². The Bertz CT molecular complexity index is 327. The van der Waals surface area contributed by atoms with Crippen LogP contribution in [0.2, 0.25) is 0 Å². The van der Waals surface area contributed by atoms with Crippen molar-refractivity contribution in [3.63, 3.8) is 0 Å². The molecule has 0 fully saturated rings. The molecule has 0 atom stereocenters. The second-order valence-corrected chi connectivity index (χ2v) is 3.94. The number of benzene rings is 1. The molecule has 1 rings (SSSR count). The minimum atomic E-state index is 0.0581. The van der Waals surface area contributed by atoms with E-state index >= 15 is 0 Å². The topological polar surface area (TPSA) is 43.1 Å². The molecule has 0 saturated heterocycles. The first-order valence-electron chi connectivity index (χ1n) is 3.83. The third kappa shape index (κ3) is 2.74. The van der Waals surface area contributed by atoms with Gasteiger partial charge >= 0.3 is 0 Å². The first-order valence-corrected chi connectivity index (χ1v) is 5.39. The largest absolute Gasteiger partial charge is 0.398 e. The Kier molecular flexibility index (Phi) is 3.81. The number of hydrogen-bond acceptors (Lipinski definition) is 3. The van der Waals surface area contributed by atoms with Gasteiger partial charge in [0, 0.05) is 27.9 Å². The monoisotopic (exact) mass is 259 g/mol. The molecule has 0 unspecified atom stereocenters. The number of alkyl halides is 1. The highest BCUT2D eigenvalue weighted by Crippen LogP contribution is 2.18. The maximum Gasteiger partial charge on any atom is 0.165 e. The number of nitrogens with two attached hydrogens (primary N) is 1. The maximum atomic E-state index is 11.4. The average molecular weight is 260 g/mol. The summed E-state index contributed by atoms with van der Waals surface area (Å²) in [7, 11) is 0. The molecule has 0 radical (unpaired) electrons. The molecule has 2 N–H and O–H groups in total. The normalized spacial score (nSPS) is 10.0. The van der Waals surface area contributed by atoms with Crippen LogP contribution in [0, 0.1) is 0 Å². The van der Waals surface area contributed by atoms with Crippen molar-refractivity contribution >= 4 is 40.0 Å². The summed E-state index contributed by atoms with van der Waals surface area (Å²) in [4.78, 5) is 12.2. The zero-order valence-corrected chi connectivity index (χ0v) is 9.44. The fourth-order valence-electron chi connectivity index (χ4n) is 1.02. The number of nitrogen functional groups attached to an aromatic ring is 1. The van der Waals surface area contributed by atoms with Gasteiger partial charge in [-0.25, -0.2) is 0 Å². The Morgan fingerprint density at radius 3 is 2.77 bits per heavy atom. The molecule has 2 nitrogen and oxygen atoms in total. The van der Waals surface area contributed by atoms with Crippen molar-refractivity contribution in [2.45, 2.75) is 11.3 Å². The van der Waals surface area contributed by atoms with Gasteiger partial charge in [-0.3, -0.25) is 4.79 Å². The second kappa shape index (κ2) is 4.67. The first kappa shape index (κ1) is 10.6. The number of halogens is 1. The highest BCUT2D eigenvalue weighted by Gasteiger charge is 2.08. The van der Waals surface area contributed by atoms with Crippen LogP contribution in [-0.2, 0) is 0 Å². The van der Waals surface area contributed by atoms with Gasteiger partial charge in [-0.05, 0) is 18.2 Å². The molecule has 1 aromatic carbocycles. The standard InChI is InChI=1S/C9H10BrNOS/c10-4-3-9(12)7-2-1-6(13)5-8(7)11/h1-2,5,13H,3-4,11H2. The maximum absolute atomic E-state index is 11.4. The van der Waals surface area contributed by atoms with Gasteiger partial charge in [0.1, 0.15) is 0 Å². The van der Waals surface area contributed by atoms with E-state index in [0.717, 1.165) is 4.90 Å². The van der Waals surface area contributed by atoms with E-state index < -0.39 is 0 Å². The molecule has 0 aliphatic rings. The van der Waals surface area contributed by atoms with Gasteiger partial charge in [-0.2, -0.15) is 0 Å². The van der Waals surface area contributed by atoms with Crippen LogP contribution in [0.15, 0.2) is 23.1 Å². The molecule has 0 amide bonds. The number of carbonyl (C=O) groups is 1. The number of anilines is 1. The van der Waals surface area contributed by atoms with Crippen LogP contribution in [0.5, 0.6) is 0 Å². The lowest BCUT2D eigenvalue weighted by Gasteiger charge is -2.03. The SMILES string of the molecule is Nc1cc(S)ccc1C(=O)CCBr. The summed E-state index contributed by atoms with van der Waals surface area (Å²) in [5.74, 6) is 0.0581. The van der Waals surface area contributed by atoms with Gasteiger partial charge in [0.15, 0.2) is 5.78 Å². The van der Waals surface area contributed by atoms with E-state index in [9.17, 15) is 4.79 Å². The third-order valence-electron chi connectivity index (χ3n) is 1.66. The summed E-state index contributed by atoms with van der Waals surface area (Å²) in [6, 6.07) is 5.16. The van der Waals surface area contributed by atoms with Crippen molar-refractivity contribution in [2.24, 2.45) is 0 Å². The smallest absolute Gasteiger partial charge is 0.165 e. The highest BCUT2D eigenvalue weighted by molar-refractivity contribution is 9.09. The van der Waals surface area contributed by atoms with E-state index in [1.165, 1.54) is 0 Å². The molecule has 0 aromatic heterocycles. The Morgan fingerprint density at radius 1 is 1.54 bits per heavy atom. The van der Waals surface area contributed by atoms with Crippen molar-refractivity contribution in [3.05, 3.63) is 23.8 Å². The number of ketones is 1. The lowest BCUT2D eigenvalue weighted by Crippen LogP contribution is -2.03. The average Bonchev–Trinajstić information content (AvgIpc) is 2.04. The Labute approximate surface area is 91.1 Å². The van der Waals surface area contributed by atoms with Crippen LogP contribution < -0.4 is 5.73 Å². The summed E-state index contributed by atoms with van der Waals surface area (Å²) in [5.41, 5.74) is 6.75. The third-order valence-corrected chi connectivity index (χ3v) is 2.33. The fourth-order valence-corrected chi connectivity index (χ4v) is 1.60. The van der Waals surface area contributed by atoms with Gasteiger partial charge in [-0.15, -0.1) is 12.6 Å². The van der Waals surface area contributed by atoms with E-state index in [1.807, 2.05) is 0 Å². The van der Waals surface area contributed by atoms with Crippen molar-refractivity contribution in [3.8, 4) is 0 Å². The summed E-state index contributed by atoms with van der Waals surface area (Å²) < 4.78 is 0. The van der Waals surface area contributed by atoms with Crippen molar-refractivity contribution in [1.82, 2.24) is 0 Å². The van der Waals surface area contributed by atoms with Gasteiger partial charge in [0.25, 0.3) is 0 Å². The Hall–Kier alpha value is -0.480. The number of carbonyl (C=O) groups excluding carboxylic acids is 1. The molecule has 1 aromatic rings. The second-order valence-electron chi connectivity index (χ2n) is 2.63. The molecular weight excluding hydrogens is 250 g/mol. The van der Waals surface area contributed by atoms with Gasteiger partial charge in [-0.1, -0.05) is 15.9 Å². The number of hydrogen-bond donors (Lipinski definition) is 2. The van der Waals surface area contributed by atoms with Crippen LogP contribution in [0.1, 0.15) is 16.8 Å². The summed E-state index contributed by atoms with van der Waals surface area (Å²) in [6.45, 7) is 0. The molecule has 0 aliphatic heterocycles. The quantitative estimate of drug-likeness (QED) is 0.379. The van der Waals surface area contributed by atoms with Crippen LogP contribution in [0.3, 0.4) is 0 Å². The minimum Gasteiger partial charge on any atom is -0.398 e. The lowest BCUT2D eigenvalue weighted by molar-refractivity contribution is 0.0990. The number of thiol groups is 1. The van der Waals surface area contributed by atoms with Crippen molar-refractivity contribution in [1.29, 1.82) is 0 Å². The van der Waals surface area contributed by atoms with E-state index in [4.69, 9.17) is 5.73 Å². The summed E-state index contributed by atoms with van der Waals surface area (Å²) in [5, 5.41) is 0.661. The van der Waals surface area contributed by atoms with Gasteiger partial charge in [0.2, 0.25) is 0 Å². The predicted molar refractivity (Wildman–Crippen MR) is 60.8 cm³/mol. The first-order chi connectivity index (χ1) is 6.15. The number of rotatable bonds is 3. The zero-order chi connectivity index (χ0) is 9.84. The zero-order valence-electron chi connectivity index (χ0n) is 6.96. The number of Topliss-reactive ketones (excluding diaryl/α,β-unsaturated/α-hetero) is 1. The molecule has 0 aliphatic carbocycles. The molecule has 0 saturated carbocycles. The summed E-state index contributed by atoms with van der Waals surface area (Å²) in [6.07, 6.45) is 0.468. The van der Waals surface area contributed by atoms with Crippen LogP contribution in [0.4, 0.5) is 5.69 Å². The fraction of sp³-hybridized carbons (Fsp3) is 0.222. The molecule has 70 valence electrons. The minimum absolute atomic E-state index is 0.0581. The molecule has 4 heteroatoms. The molecule has 13 heavy (non-hydrogen) atoms. The van der Waals surface area contributed by atoms with Crippen LogP contribution in [0.25, 0.3) is 0 Å². The molecule has 0 bridgehead atoms.